The van der Waals surface area contributed by atoms with Crippen LogP contribution in [0.4, 0.5) is 11.4 Å². The Morgan fingerprint density at radius 2 is 1.68 bits per heavy atom. The molecule has 1 fully saturated rings. The van der Waals surface area contributed by atoms with Gasteiger partial charge in [-0.15, -0.1) is 0 Å². The predicted molar refractivity (Wildman–Crippen MR) is 105 cm³/mol. The van der Waals surface area contributed by atoms with Gasteiger partial charge >= 0.3 is 0 Å². The largest absolute Gasteiger partial charge is 0.495 e. The lowest BCUT2D eigenvalue weighted by Gasteiger charge is -2.16. The third-order valence-electron chi connectivity index (χ3n) is 5.23. The van der Waals surface area contributed by atoms with Crippen molar-refractivity contribution in [3.8, 4) is 5.75 Å². The number of methoxy groups -OCH3 is 1. The van der Waals surface area contributed by atoms with E-state index in [1.54, 1.807) is 42.5 Å². The first kappa shape index (κ1) is 18.0. The maximum Gasteiger partial charge on any atom is 0.255 e. The summed E-state index contributed by atoms with van der Waals surface area (Å²) in [6, 6.07) is 13.7. The van der Waals surface area contributed by atoms with Crippen LogP contribution in [0.5, 0.6) is 5.75 Å². The Bertz CT molecular complexity index is 956. The molecule has 2 aliphatic rings. The van der Waals surface area contributed by atoms with Crippen LogP contribution in [0.2, 0.25) is 0 Å². The number of benzene rings is 2. The standard InChI is InChI=1S/C22H20N2O4/c1-28-19-12-5-4-11-18(19)23-20(25)14-7-6-8-15(13-14)24-21(26)16-9-2-3-10-17(16)22(24)27/h2-8,11-13,16-17H,9-10H2,1H3,(H,23,25)/t16-,17+. The van der Waals surface area contributed by atoms with Crippen LogP contribution in [0.3, 0.4) is 0 Å². The Morgan fingerprint density at radius 3 is 2.36 bits per heavy atom. The van der Waals surface area contributed by atoms with Crippen LogP contribution in [0.15, 0.2) is 60.7 Å². The number of allylic oxidation sites excluding steroid dienone is 2. The number of carbonyl (C=O) groups is 3. The summed E-state index contributed by atoms with van der Waals surface area (Å²) in [5.41, 5.74) is 1.33. The monoisotopic (exact) mass is 376 g/mol. The molecule has 6 nitrogen and oxygen atoms in total. The van der Waals surface area contributed by atoms with Crippen molar-refractivity contribution in [2.24, 2.45) is 11.8 Å². The summed E-state index contributed by atoms with van der Waals surface area (Å²) < 4.78 is 5.25. The van der Waals surface area contributed by atoms with E-state index in [-0.39, 0.29) is 29.6 Å². The lowest BCUT2D eigenvalue weighted by molar-refractivity contribution is -0.122. The number of nitrogens with zero attached hydrogens (tertiary/aromatic N) is 1. The Morgan fingerprint density at radius 1 is 1.00 bits per heavy atom. The van der Waals surface area contributed by atoms with E-state index in [2.05, 4.69) is 5.32 Å². The smallest absolute Gasteiger partial charge is 0.255 e. The summed E-state index contributed by atoms with van der Waals surface area (Å²) in [5, 5.41) is 2.81. The number of hydrogen-bond donors (Lipinski definition) is 1. The van der Waals surface area contributed by atoms with Gasteiger partial charge < -0.3 is 10.1 Å². The van der Waals surface area contributed by atoms with Gasteiger partial charge in [0.05, 0.1) is 30.3 Å². The van der Waals surface area contributed by atoms with Gasteiger partial charge in [0.2, 0.25) is 11.8 Å². The molecule has 1 heterocycles. The number of fused-ring (bicyclic) bond motifs is 1. The van der Waals surface area contributed by atoms with Gasteiger partial charge in [0.25, 0.3) is 5.91 Å². The topological polar surface area (TPSA) is 75.7 Å². The van der Waals surface area contributed by atoms with Crippen molar-refractivity contribution in [2.45, 2.75) is 12.8 Å². The molecule has 0 radical (unpaired) electrons. The van der Waals surface area contributed by atoms with E-state index >= 15 is 0 Å². The van der Waals surface area contributed by atoms with Crippen LogP contribution >= 0.6 is 0 Å². The van der Waals surface area contributed by atoms with Crippen molar-refractivity contribution < 1.29 is 19.1 Å². The maximum atomic E-state index is 12.8. The van der Waals surface area contributed by atoms with Gasteiger partial charge in [0.15, 0.2) is 0 Å². The predicted octanol–water partition coefficient (Wildman–Crippen LogP) is 3.40. The lowest BCUT2D eigenvalue weighted by atomic mass is 9.85. The molecule has 0 unspecified atom stereocenters. The van der Waals surface area contributed by atoms with E-state index in [9.17, 15) is 14.4 Å². The summed E-state index contributed by atoms with van der Waals surface area (Å²) in [6.07, 6.45) is 5.07. The normalized spacial score (nSPS) is 20.8. The third kappa shape index (κ3) is 3.07. The summed E-state index contributed by atoms with van der Waals surface area (Å²) >= 11 is 0. The second-order valence-electron chi connectivity index (χ2n) is 6.87. The Hall–Kier alpha value is -3.41. The minimum absolute atomic E-state index is 0.193. The quantitative estimate of drug-likeness (QED) is 0.655. The van der Waals surface area contributed by atoms with Crippen LogP contribution < -0.4 is 15.0 Å². The Labute approximate surface area is 162 Å². The van der Waals surface area contributed by atoms with E-state index in [1.165, 1.54) is 12.0 Å². The van der Waals surface area contributed by atoms with Crippen LogP contribution in [0.1, 0.15) is 23.2 Å². The van der Waals surface area contributed by atoms with Crippen LogP contribution in [-0.4, -0.2) is 24.8 Å². The lowest BCUT2D eigenvalue weighted by Crippen LogP contribution is -2.31. The number of ether oxygens (including phenoxy) is 1. The molecule has 1 N–H and O–H groups in total. The molecule has 0 spiro atoms. The molecule has 2 aromatic carbocycles. The van der Waals surface area contributed by atoms with E-state index in [1.807, 2.05) is 18.2 Å². The fraction of sp³-hybridized carbons (Fsp3) is 0.227. The van der Waals surface area contributed by atoms with Gasteiger partial charge in [-0.1, -0.05) is 30.4 Å². The number of imide groups is 1. The molecule has 3 amide bonds. The molecule has 2 atom stereocenters. The summed E-state index contributed by atoms with van der Waals surface area (Å²) in [6.45, 7) is 0. The first-order valence-electron chi connectivity index (χ1n) is 9.17. The second-order valence-corrected chi connectivity index (χ2v) is 6.87. The van der Waals surface area contributed by atoms with Crippen molar-refractivity contribution >= 4 is 29.1 Å². The number of hydrogen-bond acceptors (Lipinski definition) is 4. The molecule has 1 saturated heterocycles. The first-order chi connectivity index (χ1) is 13.6. The number of anilines is 2. The van der Waals surface area contributed by atoms with Crippen molar-refractivity contribution in [1.82, 2.24) is 0 Å². The first-order valence-corrected chi connectivity index (χ1v) is 9.17. The molecule has 2 aromatic rings. The summed E-state index contributed by atoms with van der Waals surface area (Å²) in [4.78, 5) is 39.4. The molecule has 0 aromatic heterocycles. The molecular formula is C22H20N2O4. The highest BCUT2D eigenvalue weighted by Crippen LogP contribution is 2.37. The van der Waals surface area contributed by atoms with Crippen LogP contribution in [-0.2, 0) is 9.59 Å². The fourth-order valence-electron chi connectivity index (χ4n) is 3.78. The highest BCUT2D eigenvalue weighted by Gasteiger charge is 2.47. The van der Waals surface area contributed by atoms with Crippen molar-refractivity contribution in [3.05, 3.63) is 66.2 Å². The number of para-hydroxylation sites is 2. The highest BCUT2D eigenvalue weighted by molar-refractivity contribution is 6.22. The number of amides is 3. The van der Waals surface area contributed by atoms with Gasteiger partial charge in [-0.25, -0.2) is 0 Å². The average Bonchev–Trinajstić information content (AvgIpc) is 2.99. The third-order valence-corrected chi connectivity index (χ3v) is 5.23. The molecule has 142 valence electrons. The Kier molecular flexibility index (Phi) is 4.69. The molecule has 28 heavy (non-hydrogen) atoms. The molecule has 4 rings (SSSR count). The number of nitrogens with one attached hydrogen (secondary N) is 1. The van der Waals surface area contributed by atoms with Gasteiger partial charge in [-0.2, -0.15) is 0 Å². The van der Waals surface area contributed by atoms with Crippen molar-refractivity contribution in [3.63, 3.8) is 0 Å². The molecule has 1 aliphatic carbocycles. The van der Waals surface area contributed by atoms with Crippen molar-refractivity contribution in [1.29, 1.82) is 0 Å². The van der Waals surface area contributed by atoms with Crippen LogP contribution in [0.25, 0.3) is 0 Å². The van der Waals surface area contributed by atoms with Gasteiger partial charge in [-0.05, 0) is 43.2 Å². The van der Waals surface area contributed by atoms with Gasteiger partial charge in [0.1, 0.15) is 5.75 Å². The second kappa shape index (κ2) is 7.31. The van der Waals surface area contributed by atoms with Crippen LogP contribution in [0, 0.1) is 11.8 Å². The van der Waals surface area contributed by atoms with E-state index in [0.29, 0.717) is 35.5 Å². The summed E-state index contributed by atoms with van der Waals surface area (Å²) in [7, 11) is 1.53. The molecule has 0 bridgehead atoms. The number of rotatable bonds is 4. The van der Waals surface area contributed by atoms with Crippen molar-refractivity contribution in [2.75, 3.05) is 17.3 Å². The molecular weight excluding hydrogens is 356 g/mol. The zero-order valence-corrected chi connectivity index (χ0v) is 15.4. The maximum absolute atomic E-state index is 12.8. The van der Waals surface area contributed by atoms with E-state index in [0.717, 1.165) is 0 Å². The van der Waals surface area contributed by atoms with Gasteiger partial charge in [0, 0.05) is 5.56 Å². The van der Waals surface area contributed by atoms with E-state index < -0.39 is 0 Å². The zero-order valence-electron chi connectivity index (χ0n) is 15.4. The van der Waals surface area contributed by atoms with E-state index in [4.69, 9.17) is 4.74 Å². The Balaban J connectivity index is 1.59. The SMILES string of the molecule is COc1ccccc1NC(=O)c1cccc(N2C(=O)[C@H]3CC=CC[C@H]3C2=O)c1. The molecule has 6 heteroatoms. The fourth-order valence-corrected chi connectivity index (χ4v) is 3.78. The molecule has 0 saturated carbocycles. The summed E-state index contributed by atoms with van der Waals surface area (Å²) in [5.74, 6) is -0.784. The minimum atomic E-state index is -0.343. The van der Waals surface area contributed by atoms with Gasteiger partial charge in [-0.3, -0.25) is 19.3 Å². The highest BCUT2D eigenvalue weighted by atomic mass is 16.5. The zero-order chi connectivity index (χ0) is 19.7. The average molecular weight is 376 g/mol. The molecule has 1 aliphatic heterocycles. The number of carbonyl (C=O) groups excluding carboxylic acids is 3. The minimum Gasteiger partial charge on any atom is -0.495 e.